The number of imidazole rings is 1. The molecule has 202 valence electrons. The van der Waals surface area contributed by atoms with E-state index in [0.29, 0.717) is 18.9 Å². The SMILES string of the molecule is CCc1c(C(=O)N2CCOc3ccc(-c4ccc(-c5cncn5C)cc4)cc3C2)ccc(S(=O)(=O)CC)c1F. The maximum atomic E-state index is 15.3. The third-order valence-electron chi connectivity index (χ3n) is 7.17. The predicted octanol–water partition coefficient (Wildman–Crippen LogP) is 5.28. The van der Waals surface area contributed by atoms with Gasteiger partial charge in [-0.1, -0.05) is 44.2 Å². The topological polar surface area (TPSA) is 81.5 Å². The summed E-state index contributed by atoms with van der Waals surface area (Å²) in [6, 6.07) is 16.7. The van der Waals surface area contributed by atoms with Gasteiger partial charge >= 0.3 is 0 Å². The number of sulfone groups is 1. The molecule has 1 aliphatic heterocycles. The quantitative estimate of drug-likeness (QED) is 0.328. The van der Waals surface area contributed by atoms with Crippen LogP contribution < -0.4 is 4.74 Å². The monoisotopic (exact) mass is 547 g/mol. The first kappa shape index (κ1) is 26.6. The molecule has 1 aromatic heterocycles. The van der Waals surface area contributed by atoms with Gasteiger partial charge in [-0.25, -0.2) is 17.8 Å². The van der Waals surface area contributed by atoms with Crippen molar-refractivity contribution < 1.29 is 22.3 Å². The number of aryl methyl sites for hydroxylation is 1. The van der Waals surface area contributed by atoms with Crippen molar-refractivity contribution in [3.8, 4) is 28.1 Å². The molecule has 0 radical (unpaired) electrons. The standard InChI is InChI=1S/C30H30FN3O4S/c1-4-24-25(11-13-28(29(24)31)39(36,37)5-2)30(35)34-14-15-38-27-12-10-22(16-23(27)18-34)20-6-8-21(9-7-20)26-17-32-19-33(26)3/h6-13,16-17,19H,4-5,14-15,18H2,1-3H3. The fourth-order valence-electron chi connectivity index (χ4n) is 4.93. The summed E-state index contributed by atoms with van der Waals surface area (Å²) in [6.45, 7) is 4.09. The van der Waals surface area contributed by atoms with Crippen LogP contribution in [0.25, 0.3) is 22.4 Å². The number of halogens is 1. The molecule has 4 aromatic rings. The second-order valence-corrected chi connectivity index (χ2v) is 11.8. The van der Waals surface area contributed by atoms with Crippen molar-refractivity contribution >= 4 is 15.7 Å². The van der Waals surface area contributed by atoms with Gasteiger partial charge in [-0.3, -0.25) is 4.79 Å². The minimum atomic E-state index is -3.75. The zero-order chi connectivity index (χ0) is 27.7. The summed E-state index contributed by atoms with van der Waals surface area (Å²) in [5, 5.41) is 0. The highest BCUT2D eigenvalue weighted by Crippen LogP contribution is 2.32. The molecule has 0 saturated heterocycles. The molecule has 0 atom stereocenters. The van der Waals surface area contributed by atoms with E-state index in [9.17, 15) is 13.2 Å². The van der Waals surface area contributed by atoms with Gasteiger partial charge in [-0.15, -0.1) is 0 Å². The average molecular weight is 548 g/mol. The fourth-order valence-corrected chi connectivity index (χ4v) is 5.91. The minimum absolute atomic E-state index is 0.113. The molecule has 0 unspecified atom stereocenters. The van der Waals surface area contributed by atoms with Crippen molar-refractivity contribution in [2.75, 3.05) is 18.9 Å². The Morgan fingerprint density at radius 2 is 1.74 bits per heavy atom. The molecule has 0 N–H and O–H groups in total. The number of aromatic nitrogens is 2. The lowest BCUT2D eigenvalue weighted by Crippen LogP contribution is -2.33. The Labute approximate surface area is 227 Å². The van der Waals surface area contributed by atoms with Gasteiger partial charge in [0.25, 0.3) is 5.91 Å². The first-order chi connectivity index (χ1) is 18.7. The Morgan fingerprint density at radius 3 is 2.41 bits per heavy atom. The number of hydrogen-bond acceptors (Lipinski definition) is 5. The highest BCUT2D eigenvalue weighted by molar-refractivity contribution is 7.91. The molecule has 1 aliphatic rings. The van der Waals surface area contributed by atoms with Crippen LogP contribution in [0.2, 0.25) is 0 Å². The average Bonchev–Trinajstić information content (AvgIpc) is 3.26. The largest absolute Gasteiger partial charge is 0.491 e. The van der Waals surface area contributed by atoms with E-state index in [4.69, 9.17) is 4.74 Å². The zero-order valence-corrected chi connectivity index (χ0v) is 23.0. The van der Waals surface area contributed by atoms with Crippen LogP contribution >= 0.6 is 0 Å². The van der Waals surface area contributed by atoms with Crippen molar-refractivity contribution in [2.24, 2.45) is 7.05 Å². The lowest BCUT2D eigenvalue weighted by atomic mass is 10.00. The first-order valence-electron chi connectivity index (χ1n) is 12.9. The molecule has 0 bridgehead atoms. The van der Waals surface area contributed by atoms with E-state index in [-0.39, 0.29) is 40.6 Å². The Balaban J connectivity index is 1.43. The van der Waals surface area contributed by atoms with Crippen LogP contribution in [0.4, 0.5) is 4.39 Å². The van der Waals surface area contributed by atoms with Gasteiger partial charge in [-0.2, -0.15) is 0 Å². The number of carbonyl (C=O) groups excluding carboxylic acids is 1. The zero-order valence-electron chi connectivity index (χ0n) is 22.1. The molecule has 2 heterocycles. The smallest absolute Gasteiger partial charge is 0.254 e. The van der Waals surface area contributed by atoms with E-state index in [1.165, 1.54) is 19.1 Å². The number of fused-ring (bicyclic) bond motifs is 1. The molecule has 0 saturated carbocycles. The molecular weight excluding hydrogens is 517 g/mol. The summed E-state index contributed by atoms with van der Waals surface area (Å²) in [7, 11) is -1.79. The second-order valence-electron chi connectivity index (χ2n) is 9.53. The molecule has 0 spiro atoms. The predicted molar refractivity (Wildman–Crippen MR) is 148 cm³/mol. The third-order valence-corrected chi connectivity index (χ3v) is 8.91. The van der Waals surface area contributed by atoms with Crippen LogP contribution in [0, 0.1) is 5.82 Å². The Bertz CT molecular complexity index is 1650. The van der Waals surface area contributed by atoms with Crippen LogP contribution in [0.1, 0.15) is 35.3 Å². The van der Waals surface area contributed by atoms with Crippen LogP contribution in [0.5, 0.6) is 5.75 Å². The number of hydrogen-bond donors (Lipinski definition) is 0. The number of nitrogens with zero attached hydrogens (tertiary/aromatic N) is 3. The summed E-state index contributed by atoms with van der Waals surface area (Å²) in [5.74, 6) is -0.705. The maximum absolute atomic E-state index is 15.3. The van der Waals surface area contributed by atoms with Crippen LogP contribution in [-0.4, -0.2) is 47.7 Å². The van der Waals surface area contributed by atoms with Crippen LogP contribution in [0.3, 0.4) is 0 Å². The van der Waals surface area contributed by atoms with Gasteiger partial charge in [0.15, 0.2) is 9.84 Å². The van der Waals surface area contributed by atoms with Gasteiger partial charge < -0.3 is 14.2 Å². The number of rotatable bonds is 6. The fraction of sp³-hybridized carbons (Fsp3) is 0.267. The van der Waals surface area contributed by atoms with E-state index in [1.54, 1.807) is 18.2 Å². The summed E-state index contributed by atoms with van der Waals surface area (Å²) in [4.78, 5) is 19.1. The van der Waals surface area contributed by atoms with E-state index < -0.39 is 15.7 Å². The van der Waals surface area contributed by atoms with Crippen molar-refractivity contribution in [3.63, 3.8) is 0 Å². The van der Waals surface area contributed by atoms with Gasteiger partial charge in [-0.05, 0) is 47.4 Å². The molecule has 0 aliphatic carbocycles. The summed E-state index contributed by atoms with van der Waals surface area (Å²) < 4.78 is 47.9. The van der Waals surface area contributed by atoms with E-state index in [2.05, 4.69) is 4.98 Å². The third kappa shape index (κ3) is 5.06. The van der Waals surface area contributed by atoms with Crippen molar-refractivity contribution in [1.82, 2.24) is 14.5 Å². The van der Waals surface area contributed by atoms with Gasteiger partial charge in [0.1, 0.15) is 23.1 Å². The first-order valence-corrected chi connectivity index (χ1v) is 14.5. The molecule has 9 heteroatoms. The second kappa shape index (κ2) is 10.6. The highest BCUT2D eigenvalue weighted by Gasteiger charge is 2.27. The number of benzene rings is 3. The summed E-state index contributed by atoms with van der Waals surface area (Å²) in [5.41, 5.74) is 5.22. The van der Waals surface area contributed by atoms with Gasteiger partial charge in [0.2, 0.25) is 0 Å². The Kier molecular flexibility index (Phi) is 7.27. The lowest BCUT2D eigenvalue weighted by Gasteiger charge is -2.22. The number of ether oxygens (including phenoxy) is 1. The van der Waals surface area contributed by atoms with Gasteiger partial charge in [0.05, 0.1) is 30.5 Å². The Morgan fingerprint density at radius 1 is 1.03 bits per heavy atom. The molecule has 3 aromatic carbocycles. The molecule has 39 heavy (non-hydrogen) atoms. The van der Waals surface area contributed by atoms with Crippen LogP contribution in [-0.2, 0) is 29.9 Å². The summed E-state index contributed by atoms with van der Waals surface area (Å²) in [6.07, 6.45) is 3.79. The molecule has 1 amide bonds. The van der Waals surface area contributed by atoms with E-state index in [0.717, 1.165) is 27.9 Å². The maximum Gasteiger partial charge on any atom is 0.254 e. The minimum Gasteiger partial charge on any atom is -0.491 e. The summed E-state index contributed by atoms with van der Waals surface area (Å²) >= 11 is 0. The molecular formula is C30H30FN3O4S. The van der Waals surface area contributed by atoms with Crippen molar-refractivity contribution in [1.29, 1.82) is 0 Å². The molecule has 0 fully saturated rings. The van der Waals surface area contributed by atoms with E-state index in [1.807, 2.05) is 60.3 Å². The Hall–Kier alpha value is -3.98. The van der Waals surface area contributed by atoms with Crippen LogP contribution in [0.15, 0.2) is 72.0 Å². The van der Waals surface area contributed by atoms with E-state index >= 15 is 4.39 Å². The molecule has 5 rings (SSSR count). The lowest BCUT2D eigenvalue weighted by molar-refractivity contribution is 0.0731. The van der Waals surface area contributed by atoms with Gasteiger partial charge in [0, 0.05) is 30.3 Å². The number of amides is 1. The van der Waals surface area contributed by atoms with Crippen molar-refractivity contribution in [2.45, 2.75) is 31.7 Å². The normalized spacial score (nSPS) is 13.5. The molecule has 7 nitrogen and oxygen atoms in total. The number of carbonyl (C=O) groups is 1. The highest BCUT2D eigenvalue weighted by atomic mass is 32.2. The van der Waals surface area contributed by atoms with Crippen molar-refractivity contribution in [3.05, 3.63) is 89.6 Å².